The maximum Gasteiger partial charge on any atom is 0.410 e. The summed E-state index contributed by atoms with van der Waals surface area (Å²) < 4.78 is 4.87. The van der Waals surface area contributed by atoms with Crippen molar-refractivity contribution in [3.63, 3.8) is 0 Å². The summed E-state index contributed by atoms with van der Waals surface area (Å²) in [5.41, 5.74) is 0.703. The molecule has 7 heteroatoms. The molecule has 2 N–H and O–H groups in total. The fourth-order valence-electron chi connectivity index (χ4n) is 1.81. The Hall–Kier alpha value is -2.31. The molecule has 0 aromatic carbocycles. The Morgan fingerprint density at radius 1 is 1.67 bits per heavy atom. The molecular formula is C11H13N3O4. The standard InChI is InChI=1S/C11H13N3O4/c1-2-3-18-11(17)14-5-7(6-14)9-8(10(15)16)4-12-13-9/h2,4,7H,1,3,5-6H2,(H,12,13)(H,15,16). The molecule has 0 radical (unpaired) electrons. The van der Waals surface area contributed by atoms with Crippen molar-refractivity contribution in [2.45, 2.75) is 5.92 Å². The SMILES string of the molecule is C=CCOC(=O)N1CC(c2[nH]ncc2C(=O)O)C1. The van der Waals surface area contributed by atoms with Crippen molar-refractivity contribution < 1.29 is 19.4 Å². The number of aromatic nitrogens is 2. The van der Waals surface area contributed by atoms with E-state index in [-0.39, 0.29) is 18.1 Å². The molecule has 1 fully saturated rings. The highest BCUT2D eigenvalue weighted by molar-refractivity contribution is 5.89. The lowest BCUT2D eigenvalue weighted by atomic mass is 9.94. The second kappa shape index (κ2) is 4.91. The van der Waals surface area contributed by atoms with Crippen LogP contribution in [0.1, 0.15) is 22.0 Å². The molecule has 0 atom stereocenters. The number of carboxylic acids is 1. The first-order chi connectivity index (χ1) is 8.63. The molecule has 1 aromatic rings. The average Bonchev–Trinajstić information content (AvgIpc) is 2.73. The maximum absolute atomic E-state index is 11.4. The van der Waals surface area contributed by atoms with E-state index in [1.54, 1.807) is 0 Å². The van der Waals surface area contributed by atoms with Crippen molar-refractivity contribution in [3.05, 3.63) is 30.1 Å². The van der Waals surface area contributed by atoms with Crippen molar-refractivity contribution in [2.75, 3.05) is 19.7 Å². The number of amides is 1. The van der Waals surface area contributed by atoms with Gasteiger partial charge < -0.3 is 14.7 Å². The lowest BCUT2D eigenvalue weighted by Gasteiger charge is -2.37. The zero-order valence-corrected chi connectivity index (χ0v) is 9.63. The molecule has 96 valence electrons. The van der Waals surface area contributed by atoms with Crippen LogP contribution in [0.5, 0.6) is 0 Å². The number of aromatic carboxylic acids is 1. The normalized spacial score (nSPS) is 15.0. The third kappa shape index (κ3) is 2.20. The first-order valence-corrected chi connectivity index (χ1v) is 5.42. The quantitative estimate of drug-likeness (QED) is 0.773. The predicted molar refractivity (Wildman–Crippen MR) is 61.4 cm³/mol. The van der Waals surface area contributed by atoms with Gasteiger partial charge in [0.1, 0.15) is 12.2 Å². The predicted octanol–water partition coefficient (Wildman–Crippen LogP) is 0.830. The maximum atomic E-state index is 11.4. The first-order valence-electron chi connectivity index (χ1n) is 5.42. The van der Waals surface area contributed by atoms with Crippen LogP contribution in [0.3, 0.4) is 0 Å². The summed E-state index contributed by atoms with van der Waals surface area (Å²) >= 11 is 0. The van der Waals surface area contributed by atoms with E-state index in [0.717, 1.165) is 0 Å². The van der Waals surface area contributed by atoms with E-state index < -0.39 is 12.1 Å². The van der Waals surface area contributed by atoms with Crippen molar-refractivity contribution in [1.82, 2.24) is 15.1 Å². The van der Waals surface area contributed by atoms with Crippen LogP contribution in [0.2, 0.25) is 0 Å². The highest BCUT2D eigenvalue weighted by Crippen LogP contribution is 2.28. The summed E-state index contributed by atoms with van der Waals surface area (Å²) in [6.45, 7) is 4.48. The summed E-state index contributed by atoms with van der Waals surface area (Å²) in [5.74, 6) is -1.05. The van der Waals surface area contributed by atoms with Crippen molar-refractivity contribution in [3.8, 4) is 0 Å². The number of carboxylic acid groups (broad SMARTS) is 1. The number of likely N-dealkylation sites (tertiary alicyclic amines) is 1. The lowest BCUT2D eigenvalue weighted by Crippen LogP contribution is -2.49. The number of nitrogens with zero attached hydrogens (tertiary/aromatic N) is 2. The van der Waals surface area contributed by atoms with Crippen LogP contribution in [-0.2, 0) is 4.74 Å². The minimum absolute atomic E-state index is 0.0325. The number of H-pyrrole nitrogens is 1. The Balaban J connectivity index is 1.92. The zero-order valence-electron chi connectivity index (χ0n) is 9.63. The van der Waals surface area contributed by atoms with Gasteiger partial charge in [0.05, 0.1) is 11.9 Å². The van der Waals surface area contributed by atoms with Crippen molar-refractivity contribution >= 4 is 12.1 Å². The molecule has 1 amide bonds. The fraction of sp³-hybridized carbons (Fsp3) is 0.364. The van der Waals surface area contributed by atoms with Gasteiger partial charge in [-0.2, -0.15) is 5.10 Å². The molecule has 7 nitrogen and oxygen atoms in total. The van der Waals surface area contributed by atoms with Gasteiger partial charge in [0.2, 0.25) is 0 Å². The molecular weight excluding hydrogens is 238 g/mol. The van der Waals surface area contributed by atoms with Gasteiger partial charge in [-0.15, -0.1) is 0 Å². The minimum atomic E-state index is -1.02. The van der Waals surface area contributed by atoms with Crippen LogP contribution in [0.15, 0.2) is 18.9 Å². The van der Waals surface area contributed by atoms with Crippen LogP contribution >= 0.6 is 0 Å². The fourth-order valence-corrected chi connectivity index (χ4v) is 1.81. The number of hydrogen-bond donors (Lipinski definition) is 2. The van der Waals surface area contributed by atoms with E-state index in [0.29, 0.717) is 18.8 Å². The summed E-state index contributed by atoms with van der Waals surface area (Å²) in [5, 5.41) is 15.3. The van der Waals surface area contributed by atoms with E-state index in [2.05, 4.69) is 16.8 Å². The molecule has 1 aliphatic rings. The molecule has 18 heavy (non-hydrogen) atoms. The van der Waals surface area contributed by atoms with Gasteiger partial charge in [-0.25, -0.2) is 9.59 Å². The third-order valence-corrected chi connectivity index (χ3v) is 2.77. The van der Waals surface area contributed by atoms with Gasteiger partial charge in [-0.1, -0.05) is 12.7 Å². The van der Waals surface area contributed by atoms with E-state index in [1.807, 2.05) is 0 Å². The van der Waals surface area contributed by atoms with Crippen LogP contribution in [0.4, 0.5) is 4.79 Å². The number of aromatic amines is 1. The number of carbonyl (C=O) groups is 2. The highest BCUT2D eigenvalue weighted by atomic mass is 16.6. The van der Waals surface area contributed by atoms with Gasteiger partial charge in [0.25, 0.3) is 0 Å². The van der Waals surface area contributed by atoms with E-state index in [4.69, 9.17) is 9.84 Å². The van der Waals surface area contributed by atoms with E-state index >= 15 is 0 Å². The minimum Gasteiger partial charge on any atom is -0.478 e. The van der Waals surface area contributed by atoms with Crippen LogP contribution in [-0.4, -0.2) is 52.0 Å². The summed E-state index contributed by atoms with van der Waals surface area (Å²) in [6, 6.07) is 0. The highest BCUT2D eigenvalue weighted by Gasteiger charge is 2.35. The largest absolute Gasteiger partial charge is 0.478 e. The van der Waals surface area contributed by atoms with Gasteiger partial charge in [-0.3, -0.25) is 5.10 Å². The second-order valence-electron chi connectivity index (χ2n) is 3.97. The van der Waals surface area contributed by atoms with Gasteiger partial charge in [-0.05, 0) is 0 Å². The number of nitrogens with one attached hydrogen (secondary N) is 1. The topological polar surface area (TPSA) is 95.5 Å². The molecule has 1 aromatic heterocycles. The molecule has 1 saturated heterocycles. The molecule has 0 bridgehead atoms. The Morgan fingerprint density at radius 2 is 2.39 bits per heavy atom. The van der Waals surface area contributed by atoms with Gasteiger partial charge >= 0.3 is 12.1 Å². The summed E-state index contributed by atoms with van der Waals surface area (Å²) in [6.07, 6.45) is 2.35. The van der Waals surface area contributed by atoms with E-state index in [9.17, 15) is 9.59 Å². The number of carbonyl (C=O) groups excluding carboxylic acids is 1. The Bertz CT molecular complexity index is 476. The Morgan fingerprint density at radius 3 is 3.00 bits per heavy atom. The Kier molecular flexibility index (Phi) is 3.31. The first kappa shape index (κ1) is 12.2. The third-order valence-electron chi connectivity index (χ3n) is 2.77. The number of ether oxygens (including phenoxy) is 1. The molecule has 0 unspecified atom stereocenters. The zero-order chi connectivity index (χ0) is 13.1. The van der Waals surface area contributed by atoms with Gasteiger partial charge in [0.15, 0.2) is 0 Å². The number of hydrogen-bond acceptors (Lipinski definition) is 4. The molecule has 1 aliphatic heterocycles. The smallest absolute Gasteiger partial charge is 0.410 e. The number of rotatable bonds is 4. The molecule has 2 rings (SSSR count). The van der Waals surface area contributed by atoms with Crippen LogP contribution in [0.25, 0.3) is 0 Å². The van der Waals surface area contributed by atoms with Crippen LogP contribution in [0, 0.1) is 0 Å². The molecule has 2 heterocycles. The molecule has 0 saturated carbocycles. The van der Waals surface area contributed by atoms with E-state index in [1.165, 1.54) is 17.2 Å². The van der Waals surface area contributed by atoms with Crippen molar-refractivity contribution in [1.29, 1.82) is 0 Å². The summed E-state index contributed by atoms with van der Waals surface area (Å²) in [4.78, 5) is 23.8. The molecule has 0 spiro atoms. The second-order valence-corrected chi connectivity index (χ2v) is 3.97. The van der Waals surface area contributed by atoms with Gasteiger partial charge in [0, 0.05) is 19.0 Å². The average molecular weight is 251 g/mol. The Labute approximate surface area is 103 Å². The van der Waals surface area contributed by atoms with Crippen molar-refractivity contribution in [2.24, 2.45) is 0 Å². The molecule has 0 aliphatic carbocycles. The monoisotopic (exact) mass is 251 g/mol. The van der Waals surface area contributed by atoms with Crippen LogP contribution < -0.4 is 0 Å². The lowest BCUT2D eigenvalue weighted by molar-refractivity contribution is 0.0686. The summed E-state index contributed by atoms with van der Waals surface area (Å²) in [7, 11) is 0.